The Morgan fingerprint density at radius 2 is 0.947 bits per heavy atom. The first-order valence-corrected chi connectivity index (χ1v) is 14.8. The number of hydrogen-bond donors (Lipinski definition) is 3. The van der Waals surface area contributed by atoms with Gasteiger partial charge < -0.3 is 0 Å². The molecule has 0 unspecified atom stereocenters. The molecule has 0 heterocycles. The molecule has 0 amide bonds. The van der Waals surface area contributed by atoms with E-state index in [2.05, 4.69) is 38.3 Å². The van der Waals surface area contributed by atoms with E-state index in [1.165, 1.54) is 69.0 Å². The molecular formula is C15H37N3Sn. The van der Waals surface area contributed by atoms with Crippen LogP contribution >= 0.6 is 0 Å². The van der Waals surface area contributed by atoms with Gasteiger partial charge in [0.15, 0.2) is 0 Å². The van der Waals surface area contributed by atoms with E-state index in [9.17, 15) is 0 Å². The van der Waals surface area contributed by atoms with Gasteiger partial charge in [-0.15, -0.1) is 0 Å². The summed E-state index contributed by atoms with van der Waals surface area (Å²) in [6, 6.07) is 0. The minimum absolute atomic E-state index is 1.19. The fourth-order valence-corrected chi connectivity index (χ4v) is 12.2. The number of hydrogen-bond acceptors (Lipinski definition) is 3. The van der Waals surface area contributed by atoms with Crippen molar-refractivity contribution in [3.8, 4) is 0 Å². The van der Waals surface area contributed by atoms with Crippen molar-refractivity contribution in [3.63, 3.8) is 0 Å². The van der Waals surface area contributed by atoms with Gasteiger partial charge in [-0.05, 0) is 0 Å². The maximum absolute atomic E-state index is 3.94. The van der Waals surface area contributed by atoms with Crippen LogP contribution in [-0.4, -0.2) is 38.8 Å². The zero-order chi connectivity index (χ0) is 14.4. The zero-order valence-electron chi connectivity index (χ0n) is 13.8. The molecule has 0 rings (SSSR count). The van der Waals surface area contributed by atoms with E-state index in [1.54, 1.807) is 0 Å². The van der Waals surface area contributed by atoms with E-state index in [-0.39, 0.29) is 0 Å². The summed E-state index contributed by atoms with van der Waals surface area (Å²) in [6.45, 7) is 12.7. The molecule has 3 N–H and O–H groups in total. The molecule has 0 saturated heterocycles. The van der Waals surface area contributed by atoms with E-state index < -0.39 is 19.2 Å². The molecule has 0 radical (unpaired) electrons. The summed E-state index contributed by atoms with van der Waals surface area (Å²) < 4.78 is 13.2. The average Bonchev–Trinajstić information content (AvgIpc) is 2.40. The Bertz CT molecular complexity index is 162. The molecule has 0 aromatic rings. The third-order valence-corrected chi connectivity index (χ3v) is 14.4. The van der Waals surface area contributed by atoms with Crippen molar-refractivity contribution in [1.29, 1.82) is 0 Å². The number of unbranched alkanes of at least 4 members (excludes halogenated alkanes) is 3. The molecule has 19 heavy (non-hydrogen) atoms. The van der Waals surface area contributed by atoms with Gasteiger partial charge in [-0.2, -0.15) is 0 Å². The van der Waals surface area contributed by atoms with Crippen LogP contribution in [-0.2, 0) is 0 Å². The van der Waals surface area contributed by atoms with Crippen molar-refractivity contribution in [2.75, 3.05) is 19.6 Å². The Morgan fingerprint density at radius 3 is 1.21 bits per heavy atom. The summed E-state index contributed by atoms with van der Waals surface area (Å²) in [6.07, 6.45) is 9.03. The molecule has 0 spiro atoms. The van der Waals surface area contributed by atoms with Crippen molar-refractivity contribution in [3.05, 3.63) is 0 Å². The molecule has 0 bridgehead atoms. The zero-order valence-corrected chi connectivity index (χ0v) is 16.6. The SMILES string of the molecule is CCCC[NH][Sn]([CH2]CC)([NH]CCCC)[NH]CCCC. The minimum atomic E-state index is -2.48. The third kappa shape index (κ3) is 10.1. The van der Waals surface area contributed by atoms with Gasteiger partial charge in [-0.1, -0.05) is 0 Å². The van der Waals surface area contributed by atoms with Gasteiger partial charge in [0, 0.05) is 0 Å². The summed E-state index contributed by atoms with van der Waals surface area (Å²) in [4.78, 5) is 0. The molecule has 0 aliphatic heterocycles. The predicted octanol–water partition coefficient (Wildman–Crippen LogP) is 3.50. The van der Waals surface area contributed by atoms with Crippen molar-refractivity contribution >= 4 is 19.2 Å². The molecule has 116 valence electrons. The second kappa shape index (κ2) is 13.7. The summed E-state index contributed by atoms with van der Waals surface area (Å²) in [5.74, 6) is 0. The van der Waals surface area contributed by atoms with E-state index in [4.69, 9.17) is 0 Å². The molecule has 3 nitrogen and oxygen atoms in total. The van der Waals surface area contributed by atoms with Gasteiger partial charge in [-0.3, -0.25) is 0 Å². The Morgan fingerprint density at radius 1 is 0.579 bits per heavy atom. The number of nitrogens with one attached hydrogen (secondary N) is 3. The normalized spacial score (nSPS) is 12.0. The van der Waals surface area contributed by atoms with Crippen LogP contribution in [0.25, 0.3) is 0 Å². The first-order chi connectivity index (χ1) is 9.24. The third-order valence-electron chi connectivity index (χ3n) is 3.50. The molecule has 0 aromatic carbocycles. The monoisotopic (exact) mass is 379 g/mol. The van der Waals surface area contributed by atoms with Gasteiger partial charge >= 0.3 is 127 Å². The van der Waals surface area contributed by atoms with Gasteiger partial charge in [0.05, 0.1) is 0 Å². The van der Waals surface area contributed by atoms with Crippen LogP contribution < -0.4 is 10.6 Å². The van der Waals surface area contributed by atoms with E-state index in [1.807, 2.05) is 0 Å². The quantitative estimate of drug-likeness (QED) is 0.320. The van der Waals surface area contributed by atoms with Gasteiger partial charge in [0.25, 0.3) is 0 Å². The van der Waals surface area contributed by atoms with Crippen LogP contribution in [0, 0.1) is 0 Å². The second-order valence-electron chi connectivity index (χ2n) is 5.50. The Hall–Kier alpha value is 0.679. The molecule has 0 saturated carbocycles. The Balaban J connectivity index is 4.37. The van der Waals surface area contributed by atoms with Crippen LogP contribution in [0.2, 0.25) is 4.44 Å². The molecule has 4 heteroatoms. The van der Waals surface area contributed by atoms with Crippen LogP contribution in [0.15, 0.2) is 0 Å². The molecule has 0 aromatic heterocycles. The van der Waals surface area contributed by atoms with Gasteiger partial charge in [0.1, 0.15) is 0 Å². The average molecular weight is 378 g/mol. The molecule has 0 aliphatic rings. The van der Waals surface area contributed by atoms with E-state index in [0.717, 1.165) is 0 Å². The topological polar surface area (TPSA) is 36.1 Å². The van der Waals surface area contributed by atoms with Crippen molar-refractivity contribution in [2.45, 2.75) is 77.1 Å². The Kier molecular flexibility index (Phi) is 14.1. The number of rotatable bonds is 14. The summed E-state index contributed by atoms with van der Waals surface area (Å²) in [5, 5.41) is 0. The van der Waals surface area contributed by atoms with E-state index >= 15 is 0 Å². The standard InChI is InChI=1S/3C4H10N.C3H7.Sn/c3*1-2-3-4-5;1-3-2;/h3*5H,2-4H2,1H3;1,3H2,2H3;/q3*-1;;+3. The predicted molar refractivity (Wildman–Crippen MR) is 89.6 cm³/mol. The molecule has 0 aliphatic carbocycles. The summed E-state index contributed by atoms with van der Waals surface area (Å²) in [7, 11) is 0. The summed E-state index contributed by atoms with van der Waals surface area (Å²) in [5.41, 5.74) is 0. The van der Waals surface area contributed by atoms with Crippen LogP contribution in [0.4, 0.5) is 0 Å². The molecule has 0 fully saturated rings. The summed E-state index contributed by atoms with van der Waals surface area (Å²) >= 11 is -2.48. The van der Waals surface area contributed by atoms with Crippen molar-refractivity contribution < 1.29 is 0 Å². The van der Waals surface area contributed by atoms with Crippen molar-refractivity contribution in [2.24, 2.45) is 0 Å². The second-order valence-corrected chi connectivity index (χ2v) is 15.1. The Labute approximate surface area is 126 Å². The fraction of sp³-hybridized carbons (Fsp3) is 1.00. The van der Waals surface area contributed by atoms with Crippen LogP contribution in [0.3, 0.4) is 0 Å². The van der Waals surface area contributed by atoms with Gasteiger partial charge in [-0.25, -0.2) is 0 Å². The first kappa shape index (κ1) is 19.7. The molecule has 0 atom stereocenters. The first-order valence-electron chi connectivity index (χ1n) is 8.49. The van der Waals surface area contributed by atoms with Crippen LogP contribution in [0.1, 0.15) is 72.6 Å². The molecular weight excluding hydrogens is 341 g/mol. The van der Waals surface area contributed by atoms with Crippen molar-refractivity contribution in [1.82, 2.24) is 10.6 Å². The van der Waals surface area contributed by atoms with Crippen LogP contribution in [0.5, 0.6) is 0 Å². The fourth-order valence-electron chi connectivity index (χ4n) is 2.26. The maximum atomic E-state index is 3.94. The van der Waals surface area contributed by atoms with Gasteiger partial charge in [0.2, 0.25) is 0 Å². The van der Waals surface area contributed by atoms with E-state index in [0.29, 0.717) is 0 Å².